The highest BCUT2D eigenvalue weighted by Gasteiger charge is 2.42. The minimum absolute atomic E-state index is 0.165. The summed E-state index contributed by atoms with van der Waals surface area (Å²) >= 11 is 0. The third kappa shape index (κ3) is 3.79. The molecule has 0 spiro atoms. The number of carbonyl (C=O) groups excluding carboxylic acids is 3. The molecular formula is C17H25N5O3. The first-order chi connectivity index (χ1) is 11.8. The van der Waals surface area contributed by atoms with Crippen molar-refractivity contribution < 1.29 is 14.4 Å². The Morgan fingerprint density at radius 1 is 1.32 bits per heavy atom. The Morgan fingerprint density at radius 2 is 2.00 bits per heavy atom. The van der Waals surface area contributed by atoms with Crippen molar-refractivity contribution in [2.45, 2.75) is 45.3 Å². The molecule has 0 aromatic carbocycles. The molecule has 1 aliphatic rings. The lowest BCUT2D eigenvalue weighted by molar-refractivity contribution is -0.130. The van der Waals surface area contributed by atoms with Crippen LogP contribution in [0.25, 0.3) is 0 Å². The molecule has 3 atom stereocenters. The number of carbonyl (C=O) groups is 3. The topological polar surface area (TPSA) is 117 Å². The smallest absolute Gasteiger partial charge is 0.251 e. The van der Waals surface area contributed by atoms with Gasteiger partial charge in [0.25, 0.3) is 5.91 Å². The van der Waals surface area contributed by atoms with Crippen molar-refractivity contribution in [3.63, 3.8) is 0 Å². The van der Waals surface area contributed by atoms with E-state index in [9.17, 15) is 14.4 Å². The predicted octanol–water partition coefficient (Wildman–Crippen LogP) is -0.427. The Hall–Kier alpha value is -2.48. The minimum atomic E-state index is -0.794. The van der Waals surface area contributed by atoms with Crippen LogP contribution in [0.3, 0.4) is 0 Å². The summed E-state index contributed by atoms with van der Waals surface area (Å²) in [6.45, 7) is 5.37. The number of nitrogens with one attached hydrogen (secondary N) is 2. The van der Waals surface area contributed by atoms with Gasteiger partial charge in [-0.2, -0.15) is 0 Å². The summed E-state index contributed by atoms with van der Waals surface area (Å²) in [5.74, 6) is -0.998. The lowest BCUT2D eigenvalue weighted by Gasteiger charge is -2.30. The van der Waals surface area contributed by atoms with Crippen LogP contribution in [0.2, 0.25) is 0 Å². The zero-order chi connectivity index (χ0) is 18.7. The van der Waals surface area contributed by atoms with E-state index < -0.39 is 24.0 Å². The van der Waals surface area contributed by atoms with Crippen LogP contribution in [0.4, 0.5) is 5.82 Å². The number of nitrogens with zero attached hydrogens (tertiary/aromatic N) is 2. The molecule has 1 aliphatic heterocycles. The zero-order valence-electron chi connectivity index (χ0n) is 14.9. The van der Waals surface area contributed by atoms with Crippen LogP contribution in [0.1, 0.15) is 26.3 Å². The summed E-state index contributed by atoms with van der Waals surface area (Å²) in [4.78, 5) is 42.8. The molecule has 0 saturated carbocycles. The standard InChI is InChI=1S/C17H25N5O3/c1-9(2)13(21-16(24)10(3)19-4)17(25)22-12(14(18)23)8-11-6-5-7-20-15(11)22/h5-7,9-10,12-13,19H,8H2,1-4H3,(H2,18,23)(H,21,24)/t10-,12-,13-/m0/s1. The number of likely N-dealkylation sites (N-methyl/N-ethyl adjacent to an activating group) is 1. The SMILES string of the molecule is CN[C@@H](C)C(=O)N[C@H](C(=O)N1c2ncccc2C[C@H]1C(N)=O)C(C)C. The number of amides is 3. The fourth-order valence-corrected chi connectivity index (χ4v) is 2.81. The normalized spacial score (nSPS) is 18.6. The van der Waals surface area contributed by atoms with Crippen LogP contribution in [0.5, 0.6) is 0 Å². The van der Waals surface area contributed by atoms with Gasteiger partial charge in [0.1, 0.15) is 17.9 Å². The first kappa shape index (κ1) is 18.9. The molecule has 4 N–H and O–H groups in total. The predicted molar refractivity (Wildman–Crippen MR) is 93.7 cm³/mol. The highest BCUT2D eigenvalue weighted by molar-refractivity contribution is 6.05. The van der Waals surface area contributed by atoms with Crippen molar-refractivity contribution in [1.82, 2.24) is 15.6 Å². The Labute approximate surface area is 147 Å². The maximum atomic E-state index is 13.2. The van der Waals surface area contributed by atoms with Crippen molar-refractivity contribution in [2.24, 2.45) is 11.7 Å². The number of nitrogens with two attached hydrogens (primary N) is 1. The van der Waals surface area contributed by atoms with Crippen molar-refractivity contribution in [1.29, 1.82) is 0 Å². The largest absolute Gasteiger partial charge is 0.368 e. The molecule has 1 aromatic rings. The van der Waals surface area contributed by atoms with E-state index in [1.165, 1.54) is 4.90 Å². The number of hydrogen-bond acceptors (Lipinski definition) is 5. The summed E-state index contributed by atoms with van der Waals surface area (Å²) in [5, 5.41) is 5.60. The van der Waals surface area contributed by atoms with Gasteiger partial charge in [-0.05, 0) is 31.5 Å². The lowest BCUT2D eigenvalue weighted by atomic mass is 10.0. The zero-order valence-corrected chi connectivity index (χ0v) is 14.9. The molecule has 2 rings (SSSR count). The summed E-state index contributed by atoms with van der Waals surface area (Å²) in [5.41, 5.74) is 6.28. The second-order valence-electron chi connectivity index (χ2n) is 6.56. The van der Waals surface area contributed by atoms with E-state index in [2.05, 4.69) is 15.6 Å². The molecule has 136 valence electrons. The Morgan fingerprint density at radius 3 is 2.56 bits per heavy atom. The van der Waals surface area contributed by atoms with E-state index in [-0.39, 0.29) is 17.7 Å². The minimum Gasteiger partial charge on any atom is -0.368 e. The third-order valence-corrected chi connectivity index (χ3v) is 4.44. The van der Waals surface area contributed by atoms with Crippen molar-refractivity contribution in [3.05, 3.63) is 23.9 Å². The second-order valence-corrected chi connectivity index (χ2v) is 6.56. The summed E-state index contributed by atoms with van der Waals surface area (Å²) in [6, 6.07) is 1.55. The number of primary amides is 1. The Balaban J connectivity index is 2.33. The molecule has 0 fully saturated rings. The number of rotatable bonds is 6. The van der Waals surface area contributed by atoms with Crippen LogP contribution in [-0.4, -0.2) is 47.9 Å². The maximum absolute atomic E-state index is 13.2. The summed E-state index contributed by atoms with van der Waals surface area (Å²) < 4.78 is 0. The fraction of sp³-hybridized carbons (Fsp3) is 0.529. The number of pyridine rings is 1. The maximum Gasteiger partial charge on any atom is 0.251 e. The van der Waals surface area contributed by atoms with Gasteiger partial charge in [0.2, 0.25) is 11.8 Å². The van der Waals surface area contributed by atoms with E-state index in [1.54, 1.807) is 26.2 Å². The van der Waals surface area contributed by atoms with E-state index in [1.807, 2.05) is 19.9 Å². The molecule has 3 amide bonds. The quantitative estimate of drug-likeness (QED) is 0.646. The monoisotopic (exact) mass is 347 g/mol. The van der Waals surface area contributed by atoms with Crippen molar-refractivity contribution in [2.75, 3.05) is 11.9 Å². The van der Waals surface area contributed by atoms with Gasteiger partial charge in [0.05, 0.1) is 6.04 Å². The lowest BCUT2D eigenvalue weighted by Crippen LogP contribution is -2.58. The van der Waals surface area contributed by atoms with Crippen LogP contribution >= 0.6 is 0 Å². The molecule has 8 heteroatoms. The van der Waals surface area contributed by atoms with Gasteiger partial charge < -0.3 is 16.4 Å². The van der Waals surface area contributed by atoms with Gasteiger partial charge in [0, 0.05) is 12.6 Å². The summed E-state index contributed by atoms with van der Waals surface area (Å²) in [6.07, 6.45) is 1.89. The molecule has 2 heterocycles. The molecule has 1 aromatic heterocycles. The third-order valence-electron chi connectivity index (χ3n) is 4.44. The molecule has 8 nitrogen and oxygen atoms in total. The van der Waals surface area contributed by atoms with Gasteiger partial charge in [-0.1, -0.05) is 19.9 Å². The van der Waals surface area contributed by atoms with Crippen LogP contribution in [0, 0.1) is 5.92 Å². The molecule has 25 heavy (non-hydrogen) atoms. The van der Waals surface area contributed by atoms with E-state index >= 15 is 0 Å². The highest BCUT2D eigenvalue weighted by Crippen LogP contribution is 2.31. The average Bonchev–Trinajstić information content (AvgIpc) is 2.97. The van der Waals surface area contributed by atoms with Gasteiger partial charge >= 0.3 is 0 Å². The molecule has 0 unspecified atom stereocenters. The molecule has 0 bridgehead atoms. The molecular weight excluding hydrogens is 322 g/mol. The number of fused-ring (bicyclic) bond motifs is 1. The summed E-state index contributed by atoms with van der Waals surface area (Å²) in [7, 11) is 1.67. The van der Waals surface area contributed by atoms with Gasteiger partial charge in [-0.3, -0.25) is 19.3 Å². The van der Waals surface area contributed by atoms with E-state index in [0.29, 0.717) is 12.2 Å². The van der Waals surface area contributed by atoms with Crippen LogP contribution in [0.15, 0.2) is 18.3 Å². The van der Waals surface area contributed by atoms with Gasteiger partial charge in [-0.15, -0.1) is 0 Å². The molecule has 0 radical (unpaired) electrons. The van der Waals surface area contributed by atoms with E-state index in [4.69, 9.17) is 5.73 Å². The average molecular weight is 347 g/mol. The second kappa shape index (κ2) is 7.60. The van der Waals surface area contributed by atoms with Crippen LogP contribution in [-0.2, 0) is 20.8 Å². The molecule has 0 aliphatic carbocycles. The number of aromatic nitrogens is 1. The first-order valence-electron chi connectivity index (χ1n) is 8.31. The number of hydrogen-bond donors (Lipinski definition) is 3. The highest BCUT2D eigenvalue weighted by atomic mass is 16.2. The fourth-order valence-electron chi connectivity index (χ4n) is 2.81. The Kier molecular flexibility index (Phi) is 5.73. The van der Waals surface area contributed by atoms with Crippen molar-refractivity contribution in [3.8, 4) is 0 Å². The Bertz CT molecular complexity index is 676. The first-order valence-corrected chi connectivity index (χ1v) is 8.31. The van der Waals surface area contributed by atoms with E-state index in [0.717, 1.165) is 5.56 Å². The number of anilines is 1. The van der Waals surface area contributed by atoms with Gasteiger partial charge in [-0.25, -0.2) is 4.98 Å². The van der Waals surface area contributed by atoms with Gasteiger partial charge in [0.15, 0.2) is 0 Å². The molecule has 0 saturated heterocycles. The van der Waals surface area contributed by atoms with Crippen molar-refractivity contribution >= 4 is 23.5 Å². The van der Waals surface area contributed by atoms with Crippen LogP contribution < -0.4 is 21.3 Å².